The number of hydrogen-bond donors (Lipinski definition) is 0. The molecule has 0 aliphatic rings. The Morgan fingerprint density at radius 3 is 1.11 bits per heavy atom. The zero-order chi connectivity index (χ0) is 14.1. The molecule has 0 spiro atoms. The predicted molar refractivity (Wildman–Crippen MR) is 86.0 cm³/mol. The van der Waals surface area contributed by atoms with E-state index >= 15 is 0 Å². The van der Waals surface area contributed by atoms with Crippen molar-refractivity contribution in [2.45, 2.75) is 84.4 Å². The van der Waals surface area contributed by atoms with Crippen LogP contribution in [0.25, 0.3) is 0 Å². The second kappa shape index (κ2) is 20.3. The molecule has 0 heterocycles. The molecule has 116 valence electrons. The first-order chi connectivity index (χ1) is 8.76. The second-order valence-corrected chi connectivity index (χ2v) is 8.06. The summed E-state index contributed by atoms with van der Waals surface area (Å²) in [6.07, 6.45) is 15.6. The topological polar surface area (TPSA) is 0 Å². The average molecular weight is 323 g/mol. The molecule has 2 heteroatoms. The van der Waals surface area contributed by atoms with E-state index in [0.717, 1.165) is 5.32 Å². The fraction of sp³-hybridized carbons (Fsp3) is 1.00. The van der Waals surface area contributed by atoms with Crippen LogP contribution in [0.4, 0.5) is 0 Å². The van der Waals surface area contributed by atoms with Crippen LogP contribution in [-0.2, 0) is 16.0 Å². The third-order valence-corrected chi connectivity index (χ3v) is 6.12. The van der Waals surface area contributed by atoms with Crippen molar-refractivity contribution in [1.82, 2.24) is 0 Å². The first kappa shape index (κ1) is 21.3. The van der Waals surface area contributed by atoms with Gasteiger partial charge in [0.2, 0.25) is 0 Å². The summed E-state index contributed by atoms with van der Waals surface area (Å²) < 4.78 is 0. The molecule has 0 unspecified atom stereocenters. The molecule has 0 N–H and O–H groups in total. The molecule has 0 fully saturated rings. The van der Waals surface area contributed by atoms with E-state index in [0.29, 0.717) is 7.92 Å². The van der Waals surface area contributed by atoms with Crippen molar-refractivity contribution in [2.75, 3.05) is 18.5 Å². The molecule has 0 aromatic heterocycles. The maximum atomic E-state index is 4.77. The van der Waals surface area contributed by atoms with E-state index in [4.69, 9.17) is 16.0 Å². The Balaban J connectivity index is 0. The van der Waals surface area contributed by atoms with Crippen LogP contribution in [0, 0.1) is 0 Å². The van der Waals surface area contributed by atoms with Gasteiger partial charge in [-0.15, -0.1) is 7.92 Å². The Morgan fingerprint density at radius 1 is 0.611 bits per heavy atom. The fourth-order valence-electron chi connectivity index (χ4n) is 1.59. The summed E-state index contributed by atoms with van der Waals surface area (Å²) in [5.74, 6) is 0. The molecule has 0 bridgehead atoms. The fourth-order valence-corrected chi connectivity index (χ4v) is 4.88. The van der Waals surface area contributed by atoms with Crippen molar-refractivity contribution in [2.24, 2.45) is 0 Å². The van der Waals surface area contributed by atoms with E-state index < -0.39 is 0 Å². The van der Waals surface area contributed by atoms with E-state index in [9.17, 15) is 0 Å². The van der Waals surface area contributed by atoms with Crippen LogP contribution in [0.1, 0.15) is 79.1 Å². The van der Waals surface area contributed by atoms with Crippen LogP contribution in [0.3, 0.4) is 0 Å². The monoisotopic (exact) mass is 322 g/mol. The van der Waals surface area contributed by atoms with Crippen molar-refractivity contribution in [3.05, 3.63) is 0 Å². The zero-order valence-corrected chi connectivity index (χ0v) is 15.1. The predicted octanol–water partition coefficient (Wildman–Crippen LogP) is 6.62. The van der Waals surface area contributed by atoms with Gasteiger partial charge in [0.15, 0.2) is 0 Å². The first-order valence-corrected chi connectivity index (χ1v) is 10.6. The number of rotatable bonds is 11. The van der Waals surface area contributed by atoms with Crippen molar-refractivity contribution < 1.29 is 16.0 Å². The van der Waals surface area contributed by atoms with Gasteiger partial charge in [0.25, 0.3) is 0 Å². The molecule has 0 aliphatic carbocycles. The summed E-state index contributed by atoms with van der Waals surface area (Å²) in [4.78, 5) is 0. The molecule has 0 saturated heterocycles. The van der Waals surface area contributed by atoms with Crippen LogP contribution < -0.4 is 0 Å². The summed E-state index contributed by atoms with van der Waals surface area (Å²) in [5, 5.41) is 0.906. The van der Waals surface area contributed by atoms with Crippen molar-refractivity contribution in [3.63, 3.8) is 0 Å². The molecule has 0 radical (unpaired) electrons. The summed E-state index contributed by atoms with van der Waals surface area (Å²) >= 11 is 4.77. The zero-order valence-electron chi connectivity index (χ0n) is 13.2. The minimum atomic E-state index is 0.422. The molecule has 18 heavy (non-hydrogen) atoms. The molecular weight excluding hydrogens is 287 g/mol. The van der Waals surface area contributed by atoms with Crippen molar-refractivity contribution >= 4 is 7.92 Å². The Morgan fingerprint density at radius 2 is 0.944 bits per heavy atom. The molecule has 0 amide bonds. The molecule has 0 rings (SSSR count). The maximum absolute atomic E-state index is 4.77. The summed E-state index contributed by atoms with van der Waals surface area (Å²) in [7, 11) is 0.422. The summed E-state index contributed by atoms with van der Waals surface area (Å²) in [6, 6.07) is 0. The van der Waals surface area contributed by atoms with E-state index in [1.807, 2.05) is 0 Å². The van der Waals surface area contributed by atoms with Crippen LogP contribution in [0.2, 0.25) is 5.32 Å². The Labute approximate surface area is 127 Å². The van der Waals surface area contributed by atoms with Crippen LogP contribution in [0.5, 0.6) is 0 Å². The molecule has 0 aliphatic heterocycles. The van der Waals surface area contributed by atoms with E-state index in [-0.39, 0.29) is 0 Å². The van der Waals surface area contributed by atoms with Gasteiger partial charge in [0, 0.05) is 0 Å². The molecule has 0 aromatic rings. The second-order valence-electron chi connectivity index (χ2n) is 4.91. The SMILES string of the molecule is CCCCP(CCCC)CCCC.CCC[CH2][Cu]. The number of hydrogen-bond acceptors (Lipinski definition) is 0. The molecule has 0 atom stereocenters. The Bertz CT molecular complexity index is 107. The molecule has 0 aromatic carbocycles. The van der Waals surface area contributed by atoms with Crippen LogP contribution >= 0.6 is 7.92 Å². The first-order valence-electron chi connectivity index (χ1n) is 7.99. The summed E-state index contributed by atoms with van der Waals surface area (Å²) in [5.41, 5.74) is 0. The number of unbranched alkanes of at least 4 members (excludes halogenated alkanes) is 4. The Hall–Kier alpha value is 0.949. The molecular formula is C16H36CuP. The van der Waals surface area contributed by atoms with Crippen LogP contribution in [0.15, 0.2) is 0 Å². The standard InChI is InChI=1S/C12H27P.C4H9.Cu/c1-4-7-10-13(11-8-5-2)12-9-6-3;1-3-4-2;/h4-12H2,1-3H3;1,3-4H2,2H3;. The average Bonchev–Trinajstić information content (AvgIpc) is 2.39. The third-order valence-electron chi connectivity index (χ3n) is 2.94. The van der Waals surface area contributed by atoms with Gasteiger partial charge >= 0.3 is 41.1 Å². The van der Waals surface area contributed by atoms with Crippen molar-refractivity contribution in [1.29, 1.82) is 0 Å². The van der Waals surface area contributed by atoms with Gasteiger partial charge in [-0.25, -0.2) is 0 Å². The van der Waals surface area contributed by atoms with Gasteiger partial charge < -0.3 is 0 Å². The normalized spacial score (nSPS) is 10.4. The molecule has 0 nitrogen and oxygen atoms in total. The summed E-state index contributed by atoms with van der Waals surface area (Å²) in [6.45, 7) is 9.08. The minimum absolute atomic E-state index is 0.422. The van der Waals surface area contributed by atoms with E-state index in [1.165, 1.54) is 51.4 Å². The van der Waals surface area contributed by atoms with Gasteiger partial charge in [-0.1, -0.05) is 40.0 Å². The van der Waals surface area contributed by atoms with E-state index in [2.05, 4.69) is 27.7 Å². The third kappa shape index (κ3) is 19.3. The quantitative estimate of drug-likeness (QED) is 0.296. The van der Waals surface area contributed by atoms with Crippen LogP contribution in [-0.4, -0.2) is 18.5 Å². The Kier molecular flexibility index (Phi) is 23.9. The van der Waals surface area contributed by atoms with Gasteiger partial charge in [-0.2, -0.15) is 0 Å². The molecule has 0 saturated carbocycles. The van der Waals surface area contributed by atoms with Gasteiger partial charge in [-0.3, -0.25) is 0 Å². The van der Waals surface area contributed by atoms with E-state index in [1.54, 1.807) is 18.5 Å². The van der Waals surface area contributed by atoms with Crippen molar-refractivity contribution in [3.8, 4) is 0 Å². The van der Waals surface area contributed by atoms with Gasteiger partial charge in [0.1, 0.15) is 0 Å². The van der Waals surface area contributed by atoms with Gasteiger partial charge in [-0.05, 0) is 37.7 Å². The van der Waals surface area contributed by atoms with Gasteiger partial charge in [0.05, 0.1) is 0 Å².